The van der Waals surface area contributed by atoms with E-state index in [4.69, 9.17) is 0 Å². The van der Waals surface area contributed by atoms with Crippen molar-refractivity contribution in [1.29, 1.82) is 0 Å². The zero-order valence-electron chi connectivity index (χ0n) is 17.4. The summed E-state index contributed by atoms with van der Waals surface area (Å²) in [6.45, 7) is 6.04. The van der Waals surface area contributed by atoms with Crippen LogP contribution >= 0.6 is 0 Å². The number of anilines is 2. The van der Waals surface area contributed by atoms with Crippen LogP contribution < -0.4 is 21.5 Å². The third kappa shape index (κ3) is 5.87. The normalized spacial score (nSPS) is 15.3. The molecular formula is C20H27F3N6O2. The van der Waals surface area contributed by atoms with Crippen LogP contribution in [-0.2, 0) is 12.7 Å². The Morgan fingerprint density at radius 2 is 1.87 bits per heavy atom. The van der Waals surface area contributed by atoms with Gasteiger partial charge in [-0.25, -0.2) is 9.89 Å². The first kappa shape index (κ1) is 22.9. The number of alkyl halides is 3. The molecule has 0 aliphatic carbocycles. The zero-order valence-corrected chi connectivity index (χ0v) is 17.4. The quantitative estimate of drug-likeness (QED) is 0.653. The lowest BCUT2D eigenvalue weighted by Crippen LogP contribution is -2.48. The number of hydrogen-bond acceptors (Lipinski definition) is 6. The lowest BCUT2D eigenvalue weighted by Gasteiger charge is -2.36. The second-order valence-electron chi connectivity index (χ2n) is 7.49. The average molecular weight is 440 g/mol. The predicted molar refractivity (Wildman–Crippen MR) is 113 cm³/mol. The Labute approximate surface area is 177 Å². The molecule has 0 bridgehead atoms. The van der Waals surface area contributed by atoms with Gasteiger partial charge in [-0.15, -0.1) is 5.10 Å². The number of nitrogens with one attached hydrogen (secondary N) is 2. The van der Waals surface area contributed by atoms with Crippen molar-refractivity contribution in [3.05, 3.63) is 50.7 Å². The van der Waals surface area contributed by atoms with E-state index in [2.05, 4.69) is 20.4 Å². The topological polar surface area (TPSA) is 86.3 Å². The summed E-state index contributed by atoms with van der Waals surface area (Å²) in [7, 11) is 0. The average Bonchev–Trinajstić information content (AvgIpc) is 2.75. The second kappa shape index (κ2) is 9.99. The highest BCUT2D eigenvalue weighted by Crippen LogP contribution is 2.31. The molecule has 11 heteroatoms. The molecule has 8 nitrogen and oxygen atoms in total. The van der Waals surface area contributed by atoms with Crippen molar-refractivity contribution >= 4 is 11.5 Å². The standard InChI is InChI=1S/C20H27F3N6O2/c1-2-3-8-29-18(30)17(25-26-19(29)31)24-7-9-27-10-12-28(13-11-27)16-6-4-5-15(14-16)20(21,22)23/h4-6,14H,2-3,7-13H2,1H3,(H,24,25)(H,26,31). The molecule has 0 spiro atoms. The monoisotopic (exact) mass is 440 g/mol. The summed E-state index contributed by atoms with van der Waals surface area (Å²) in [5.41, 5.74) is -1.03. The Bertz CT molecular complexity index is 980. The van der Waals surface area contributed by atoms with E-state index in [9.17, 15) is 22.8 Å². The van der Waals surface area contributed by atoms with Gasteiger partial charge in [0.2, 0.25) is 5.82 Å². The lowest BCUT2D eigenvalue weighted by atomic mass is 10.1. The molecule has 1 aromatic heterocycles. The van der Waals surface area contributed by atoms with Crippen molar-refractivity contribution < 1.29 is 13.2 Å². The van der Waals surface area contributed by atoms with Gasteiger partial charge < -0.3 is 10.2 Å². The highest BCUT2D eigenvalue weighted by molar-refractivity contribution is 5.49. The van der Waals surface area contributed by atoms with Crippen LogP contribution in [0.4, 0.5) is 24.7 Å². The van der Waals surface area contributed by atoms with Crippen molar-refractivity contribution in [2.24, 2.45) is 0 Å². The Morgan fingerprint density at radius 3 is 2.55 bits per heavy atom. The largest absolute Gasteiger partial charge is 0.416 e. The zero-order chi connectivity index (χ0) is 22.4. The number of unbranched alkanes of at least 4 members (excludes halogenated alkanes) is 1. The molecule has 0 saturated carbocycles. The highest BCUT2D eigenvalue weighted by Gasteiger charge is 2.31. The van der Waals surface area contributed by atoms with E-state index < -0.39 is 23.0 Å². The predicted octanol–water partition coefficient (Wildman–Crippen LogP) is 1.98. The van der Waals surface area contributed by atoms with E-state index in [0.717, 1.165) is 23.5 Å². The Balaban J connectivity index is 1.50. The number of aromatic amines is 1. The minimum absolute atomic E-state index is 0.110. The van der Waals surface area contributed by atoms with Gasteiger partial charge in [-0.05, 0) is 24.6 Å². The van der Waals surface area contributed by atoms with Crippen LogP contribution in [0, 0.1) is 0 Å². The minimum Gasteiger partial charge on any atom is -0.369 e. The molecule has 2 aromatic rings. The van der Waals surface area contributed by atoms with E-state index in [1.807, 2.05) is 11.8 Å². The van der Waals surface area contributed by atoms with Gasteiger partial charge in [0.15, 0.2) is 0 Å². The third-order valence-electron chi connectivity index (χ3n) is 5.32. The summed E-state index contributed by atoms with van der Waals surface area (Å²) in [6, 6.07) is 5.38. The number of halogens is 3. The molecule has 2 N–H and O–H groups in total. The molecule has 170 valence electrons. The van der Waals surface area contributed by atoms with Gasteiger partial charge in [-0.1, -0.05) is 19.4 Å². The van der Waals surface area contributed by atoms with E-state index in [1.165, 1.54) is 12.1 Å². The molecule has 0 radical (unpaired) electrons. The van der Waals surface area contributed by atoms with Crippen LogP contribution in [-0.4, -0.2) is 58.9 Å². The van der Waals surface area contributed by atoms with Crippen molar-refractivity contribution in [2.75, 3.05) is 49.5 Å². The SMILES string of the molecule is CCCCn1c(=O)[nH]nc(NCCN2CCN(c3cccc(C(F)(F)F)c3)CC2)c1=O. The molecule has 2 heterocycles. The molecule has 1 fully saturated rings. The first-order valence-electron chi connectivity index (χ1n) is 10.4. The van der Waals surface area contributed by atoms with Crippen LogP contribution in [0.5, 0.6) is 0 Å². The van der Waals surface area contributed by atoms with E-state index in [0.29, 0.717) is 51.5 Å². The molecule has 1 aromatic carbocycles. The molecule has 1 aliphatic rings. The molecule has 0 atom stereocenters. The number of piperazine rings is 1. The first-order valence-corrected chi connectivity index (χ1v) is 10.4. The maximum atomic E-state index is 12.9. The molecule has 1 saturated heterocycles. The summed E-state index contributed by atoms with van der Waals surface area (Å²) in [4.78, 5) is 28.3. The molecule has 31 heavy (non-hydrogen) atoms. The fourth-order valence-electron chi connectivity index (χ4n) is 3.51. The van der Waals surface area contributed by atoms with Crippen molar-refractivity contribution in [3.8, 4) is 0 Å². The number of aromatic nitrogens is 3. The summed E-state index contributed by atoms with van der Waals surface area (Å²) < 4.78 is 39.9. The summed E-state index contributed by atoms with van der Waals surface area (Å²) in [5.74, 6) is 0.110. The van der Waals surface area contributed by atoms with E-state index in [-0.39, 0.29) is 5.82 Å². The number of nitrogens with zero attached hydrogens (tertiary/aromatic N) is 4. The van der Waals surface area contributed by atoms with Crippen LogP contribution in [0.1, 0.15) is 25.3 Å². The Kier molecular flexibility index (Phi) is 7.37. The second-order valence-corrected chi connectivity index (χ2v) is 7.49. The molecule has 0 amide bonds. The van der Waals surface area contributed by atoms with E-state index in [1.54, 1.807) is 6.07 Å². The summed E-state index contributed by atoms with van der Waals surface area (Å²) in [6.07, 6.45) is -2.76. The minimum atomic E-state index is -4.35. The van der Waals surface area contributed by atoms with Gasteiger partial charge >= 0.3 is 11.9 Å². The first-order chi connectivity index (χ1) is 14.8. The summed E-state index contributed by atoms with van der Waals surface area (Å²) >= 11 is 0. The molecule has 1 aliphatic heterocycles. The van der Waals surface area contributed by atoms with Gasteiger partial charge in [-0.2, -0.15) is 13.2 Å². The van der Waals surface area contributed by atoms with Gasteiger partial charge in [0.25, 0.3) is 5.56 Å². The Morgan fingerprint density at radius 1 is 1.13 bits per heavy atom. The van der Waals surface area contributed by atoms with Crippen molar-refractivity contribution in [2.45, 2.75) is 32.5 Å². The fraction of sp³-hybridized carbons (Fsp3) is 0.550. The number of hydrogen-bond donors (Lipinski definition) is 2. The molecule has 3 rings (SSSR count). The van der Waals surface area contributed by atoms with Gasteiger partial charge in [-0.3, -0.25) is 14.3 Å². The number of H-pyrrole nitrogens is 1. The molecule has 0 unspecified atom stereocenters. The highest BCUT2D eigenvalue weighted by atomic mass is 19.4. The maximum absolute atomic E-state index is 12.9. The van der Waals surface area contributed by atoms with Crippen molar-refractivity contribution in [1.82, 2.24) is 19.7 Å². The van der Waals surface area contributed by atoms with Crippen LogP contribution in [0.25, 0.3) is 0 Å². The summed E-state index contributed by atoms with van der Waals surface area (Å²) in [5, 5.41) is 9.13. The smallest absolute Gasteiger partial charge is 0.369 e. The Hall–Kier alpha value is -2.82. The van der Waals surface area contributed by atoms with Crippen LogP contribution in [0.15, 0.2) is 33.9 Å². The van der Waals surface area contributed by atoms with Crippen molar-refractivity contribution in [3.63, 3.8) is 0 Å². The van der Waals surface area contributed by atoms with Crippen LogP contribution in [0.2, 0.25) is 0 Å². The molecular weight excluding hydrogens is 413 g/mol. The van der Waals surface area contributed by atoms with Gasteiger partial charge in [0.05, 0.1) is 5.56 Å². The van der Waals surface area contributed by atoms with E-state index >= 15 is 0 Å². The maximum Gasteiger partial charge on any atom is 0.416 e. The van der Waals surface area contributed by atoms with Gasteiger partial charge in [0.1, 0.15) is 0 Å². The number of benzene rings is 1. The lowest BCUT2D eigenvalue weighted by molar-refractivity contribution is -0.137. The number of rotatable bonds is 8. The fourth-order valence-corrected chi connectivity index (χ4v) is 3.51. The van der Waals surface area contributed by atoms with Gasteiger partial charge in [0, 0.05) is 51.5 Å². The van der Waals surface area contributed by atoms with Crippen LogP contribution in [0.3, 0.4) is 0 Å². The third-order valence-corrected chi connectivity index (χ3v) is 5.32.